The molecular weight excluding hydrogens is 432 g/mol. The van der Waals surface area contributed by atoms with Crippen LogP contribution in [0.15, 0.2) is 30.5 Å². The topological polar surface area (TPSA) is 85.2 Å². The van der Waals surface area contributed by atoms with E-state index in [1.54, 1.807) is 0 Å². The fraction of sp³-hybridized carbons (Fsp3) is 0.476. The highest BCUT2D eigenvalue weighted by Gasteiger charge is 2.40. The lowest BCUT2D eigenvalue weighted by atomic mass is 10.1. The number of hydrogen-bond acceptors (Lipinski definition) is 4. The number of hydrogen-bond donors (Lipinski definition) is 2. The van der Waals surface area contributed by atoms with Crippen LogP contribution in [0, 0.1) is 5.92 Å². The second-order valence-corrected chi connectivity index (χ2v) is 7.56. The van der Waals surface area contributed by atoms with Crippen LogP contribution >= 0.6 is 0 Å². The molecule has 2 N–H and O–H groups in total. The van der Waals surface area contributed by atoms with E-state index in [0.717, 1.165) is 0 Å². The minimum atomic E-state index is -4.25. The average molecular weight is 458 g/mol. The first-order valence-electron chi connectivity index (χ1n) is 10.0. The smallest absolute Gasteiger partial charge is 0.330 e. The molecule has 0 spiro atoms. The Kier molecular flexibility index (Phi) is 8.76. The molecule has 0 saturated carbocycles. The Balaban J connectivity index is 2.09. The molecular formula is C21H26F4N4O3. The van der Waals surface area contributed by atoms with E-state index in [-0.39, 0.29) is 29.5 Å². The summed E-state index contributed by atoms with van der Waals surface area (Å²) in [5.74, 6) is -5.00. The zero-order chi connectivity index (χ0) is 23.9. The number of benzene rings is 1. The maximum Gasteiger partial charge on any atom is 0.330 e. The van der Waals surface area contributed by atoms with E-state index >= 15 is 0 Å². The lowest BCUT2D eigenvalue weighted by Gasteiger charge is -2.15. The Morgan fingerprint density at radius 2 is 1.94 bits per heavy atom. The zero-order valence-electron chi connectivity index (χ0n) is 18.0. The fourth-order valence-electron chi connectivity index (χ4n) is 2.59. The van der Waals surface area contributed by atoms with Crippen LogP contribution in [0.3, 0.4) is 0 Å². The summed E-state index contributed by atoms with van der Waals surface area (Å²) in [6.07, 6.45) is -2.29. The van der Waals surface area contributed by atoms with Crippen molar-refractivity contribution in [1.29, 1.82) is 0 Å². The highest BCUT2D eigenvalue weighted by molar-refractivity contribution is 6.08. The first kappa shape index (κ1) is 25.3. The largest absolute Gasteiger partial charge is 0.370 e. The Morgan fingerprint density at radius 1 is 1.22 bits per heavy atom. The summed E-state index contributed by atoms with van der Waals surface area (Å²) in [5, 5.41) is 9.56. The molecule has 2 aromatic rings. The van der Waals surface area contributed by atoms with Crippen molar-refractivity contribution in [1.82, 2.24) is 15.1 Å². The predicted octanol–water partition coefficient (Wildman–Crippen LogP) is 3.96. The first-order valence-corrected chi connectivity index (χ1v) is 10.0. The number of alkyl halides is 4. The van der Waals surface area contributed by atoms with E-state index in [9.17, 15) is 27.2 Å². The fourth-order valence-corrected chi connectivity index (χ4v) is 2.59. The molecule has 2 amide bonds. The van der Waals surface area contributed by atoms with Gasteiger partial charge in [0.15, 0.2) is 5.69 Å². The monoisotopic (exact) mass is 458 g/mol. The number of rotatable bonds is 11. The first-order chi connectivity index (χ1) is 15.0. The third kappa shape index (κ3) is 7.04. The number of aromatic nitrogens is 2. The van der Waals surface area contributed by atoms with Crippen LogP contribution < -0.4 is 10.6 Å². The molecule has 1 aromatic carbocycles. The number of carbonyl (C=O) groups excluding carboxylic acids is 2. The Bertz CT molecular complexity index is 932. The standard InChI is InChI=1S/C21H26F4N4O3/c1-4-29-10-16(17(28-29)19(31)26-9-13(2)3)27-18(30)15-7-5-6-14(8-15)11-32-12-21(24,25)20(22)23/h5-8,10,13,20H,4,9,11-12H2,1-3H3,(H,26,31)(H,27,30). The van der Waals surface area contributed by atoms with Crippen LogP contribution in [-0.4, -0.2) is 47.1 Å². The van der Waals surface area contributed by atoms with Crippen molar-refractivity contribution < 1.29 is 31.9 Å². The van der Waals surface area contributed by atoms with Gasteiger partial charge in [-0.1, -0.05) is 26.0 Å². The molecule has 0 atom stereocenters. The number of anilines is 1. The molecule has 0 fully saturated rings. The molecule has 2 rings (SSSR count). The SMILES string of the molecule is CCn1cc(NC(=O)c2cccc(COCC(F)(F)C(F)F)c2)c(C(=O)NCC(C)C)n1. The van der Waals surface area contributed by atoms with E-state index in [0.29, 0.717) is 18.7 Å². The normalized spacial score (nSPS) is 11.8. The molecule has 0 bridgehead atoms. The zero-order valence-corrected chi connectivity index (χ0v) is 18.0. The van der Waals surface area contributed by atoms with Crippen LogP contribution in [-0.2, 0) is 17.9 Å². The minimum Gasteiger partial charge on any atom is -0.370 e. The molecule has 0 radical (unpaired) electrons. The second-order valence-electron chi connectivity index (χ2n) is 7.56. The maximum absolute atomic E-state index is 13.0. The number of nitrogens with one attached hydrogen (secondary N) is 2. The molecule has 1 aromatic heterocycles. The van der Waals surface area contributed by atoms with Crippen molar-refractivity contribution in [2.24, 2.45) is 5.92 Å². The average Bonchev–Trinajstić information content (AvgIpc) is 3.15. The van der Waals surface area contributed by atoms with Gasteiger partial charge in [0.2, 0.25) is 0 Å². The van der Waals surface area contributed by atoms with Gasteiger partial charge in [0.05, 0.1) is 12.3 Å². The Hall–Kier alpha value is -2.95. The van der Waals surface area contributed by atoms with Crippen molar-refractivity contribution in [3.63, 3.8) is 0 Å². The second kappa shape index (κ2) is 11.1. The number of nitrogens with zero attached hydrogens (tertiary/aromatic N) is 2. The van der Waals surface area contributed by atoms with Gasteiger partial charge in [-0.3, -0.25) is 14.3 Å². The van der Waals surface area contributed by atoms with E-state index in [1.807, 2.05) is 20.8 Å². The predicted molar refractivity (Wildman–Crippen MR) is 110 cm³/mol. The summed E-state index contributed by atoms with van der Waals surface area (Å²) in [4.78, 5) is 25.1. The van der Waals surface area contributed by atoms with Gasteiger partial charge in [-0.15, -0.1) is 0 Å². The molecule has 0 aliphatic rings. The van der Waals surface area contributed by atoms with Crippen LogP contribution in [0.5, 0.6) is 0 Å². The van der Waals surface area contributed by atoms with Crippen LogP contribution in [0.25, 0.3) is 0 Å². The lowest BCUT2D eigenvalue weighted by molar-refractivity contribution is -0.168. The summed E-state index contributed by atoms with van der Waals surface area (Å²) in [7, 11) is 0. The molecule has 32 heavy (non-hydrogen) atoms. The van der Waals surface area contributed by atoms with Crippen molar-refractivity contribution in [3.05, 3.63) is 47.3 Å². The number of halogens is 4. The van der Waals surface area contributed by atoms with E-state index in [1.165, 1.54) is 35.1 Å². The third-order valence-corrected chi connectivity index (χ3v) is 4.29. The quantitative estimate of drug-likeness (QED) is 0.500. The summed E-state index contributed by atoms with van der Waals surface area (Å²) in [6, 6.07) is 5.88. The van der Waals surface area contributed by atoms with E-state index in [4.69, 9.17) is 0 Å². The summed E-state index contributed by atoms with van der Waals surface area (Å²) in [6.45, 7) is 4.83. The summed E-state index contributed by atoms with van der Waals surface area (Å²) >= 11 is 0. The van der Waals surface area contributed by atoms with Gasteiger partial charge in [0, 0.05) is 24.8 Å². The van der Waals surface area contributed by atoms with Crippen LogP contribution in [0.2, 0.25) is 0 Å². The van der Waals surface area contributed by atoms with Gasteiger partial charge in [-0.25, -0.2) is 8.78 Å². The molecule has 11 heteroatoms. The molecule has 1 heterocycles. The Labute approximate surface area is 183 Å². The van der Waals surface area contributed by atoms with Gasteiger partial charge in [0.25, 0.3) is 11.8 Å². The van der Waals surface area contributed by atoms with E-state index < -0.39 is 30.8 Å². The van der Waals surface area contributed by atoms with Gasteiger partial charge in [-0.2, -0.15) is 13.9 Å². The van der Waals surface area contributed by atoms with Crippen molar-refractivity contribution in [2.45, 2.75) is 46.3 Å². The molecule has 7 nitrogen and oxygen atoms in total. The molecule has 0 saturated heterocycles. The van der Waals surface area contributed by atoms with Crippen LogP contribution in [0.4, 0.5) is 23.2 Å². The van der Waals surface area contributed by atoms with Crippen LogP contribution in [0.1, 0.15) is 47.2 Å². The summed E-state index contributed by atoms with van der Waals surface area (Å²) < 4.78 is 56.5. The minimum absolute atomic E-state index is 0.0644. The number of ether oxygens (including phenoxy) is 1. The maximum atomic E-state index is 13.0. The lowest BCUT2D eigenvalue weighted by Crippen LogP contribution is -2.32. The van der Waals surface area contributed by atoms with E-state index in [2.05, 4.69) is 20.5 Å². The Morgan fingerprint density at radius 3 is 2.56 bits per heavy atom. The third-order valence-electron chi connectivity index (χ3n) is 4.29. The van der Waals surface area contributed by atoms with Gasteiger partial charge in [-0.05, 0) is 30.5 Å². The van der Waals surface area contributed by atoms with Gasteiger partial charge < -0.3 is 15.4 Å². The molecule has 176 valence electrons. The number of aryl methyl sites for hydroxylation is 1. The molecule has 0 aliphatic heterocycles. The van der Waals surface area contributed by atoms with Crippen molar-refractivity contribution >= 4 is 17.5 Å². The van der Waals surface area contributed by atoms with Gasteiger partial charge >= 0.3 is 12.3 Å². The number of carbonyl (C=O) groups is 2. The summed E-state index contributed by atoms with van der Waals surface area (Å²) in [5.41, 5.74) is 0.803. The number of amides is 2. The highest BCUT2D eigenvalue weighted by Crippen LogP contribution is 2.23. The van der Waals surface area contributed by atoms with Crippen molar-refractivity contribution in [2.75, 3.05) is 18.5 Å². The van der Waals surface area contributed by atoms with Gasteiger partial charge in [0.1, 0.15) is 6.61 Å². The van der Waals surface area contributed by atoms with Crippen molar-refractivity contribution in [3.8, 4) is 0 Å². The molecule has 0 aliphatic carbocycles. The molecule has 0 unspecified atom stereocenters. The highest BCUT2D eigenvalue weighted by atomic mass is 19.3.